The number of nitrogens with one attached hydrogen (secondary N) is 1. The highest BCUT2D eigenvalue weighted by Gasteiger charge is 2.32. The third-order valence-corrected chi connectivity index (χ3v) is 6.20. The van der Waals surface area contributed by atoms with Crippen molar-refractivity contribution in [3.63, 3.8) is 0 Å². The maximum absolute atomic E-state index is 12.9. The van der Waals surface area contributed by atoms with Crippen molar-refractivity contribution in [3.05, 3.63) is 11.4 Å². The SMILES string of the molecule is CCc1nn(C)c(CC)c1S(=O)(=O)NC1CCCCC1CO. The third-order valence-electron chi connectivity index (χ3n) is 4.57. The summed E-state index contributed by atoms with van der Waals surface area (Å²) in [6.45, 7) is 3.88. The van der Waals surface area contributed by atoms with Crippen LogP contribution >= 0.6 is 0 Å². The summed E-state index contributed by atoms with van der Waals surface area (Å²) in [5, 5.41) is 13.8. The molecule has 0 aromatic carbocycles. The second-order valence-corrected chi connectivity index (χ2v) is 7.66. The molecule has 1 aromatic rings. The number of aliphatic hydroxyl groups excluding tert-OH is 1. The van der Waals surface area contributed by atoms with Crippen LogP contribution < -0.4 is 4.72 Å². The Balaban J connectivity index is 2.34. The predicted octanol–water partition coefficient (Wildman–Crippen LogP) is 1.37. The zero-order chi connectivity index (χ0) is 16.3. The summed E-state index contributed by atoms with van der Waals surface area (Å²) in [5.74, 6) is 0.00958. The molecular formula is C15H27N3O3S. The van der Waals surface area contributed by atoms with Crippen LogP contribution in [-0.4, -0.2) is 36.0 Å². The number of sulfonamides is 1. The van der Waals surface area contributed by atoms with Crippen LogP contribution in [0.3, 0.4) is 0 Å². The first kappa shape index (κ1) is 17.4. The molecule has 6 nitrogen and oxygen atoms in total. The van der Waals surface area contributed by atoms with Crippen molar-refractivity contribution in [2.24, 2.45) is 13.0 Å². The number of nitrogens with zero attached hydrogens (tertiary/aromatic N) is 2. The Kier molecular flexibility index (Phi) is 5.63. The summed E-state index contributed by atoms with van der Waals surface area (Å²) in [7, 11) is -1.83. The number of aliphatic hydroxyl groups is 1. The summed E-state index contributed by atoms with van der Waals surface area (Å²) in [6, 6.07) is -0.182. The van der Waals surface area contributed by atoms with Gasteiger partial charge >= 0.3 is 0 Å². The minimum Gasteiger partial charge on any atom is -0.396 e. The molecule has 1 aliphatic rings. The standard InChI is InChI=1S/C15H27N3O3S/c1-4-12-15(14(5-2)18(3)16-12)22(20,21)17-13-9-7-6-8-11(13)10-19/h11,13,17,19H,4-10H2,1-3H3. The second kappa shape index (κ2) is 7.10. The van der Waals surface area contributed by atoms with E-state index in [1.54, 1.807) is 11.7 Å². The van der Waals surface area contributed by atoms with Crippen LogP contribution in [0, 0.1) is 5.92 Å². The molecule has 2 atom stereocenters. The van der Waals surface area contributed by atoms with Gasteiger partial charge in [-0.05, 0) is 31.6 Å². The number of aryl methyl sites for hydroxylation is 2. The topological polar surface area (TPSA) is 84.2 Å². The molecule has 1 aliphatic carbocycles. The maximum atomic E-state index is 12.9. The summed E-state index contributed by atoms with van der Waals surface area (Å²) >= 11 is 0. The van der Waals surface area contributed by atoms with Gasteiger partial charge in [0.25, 0.3) is 0 Å². The lowest BCUT2D eigenvalue weighted by molar-refractivity contribution is 0.164. The highest BCUT2D eigenvalue weighted by Crippen LogP contribution is 2.27. The molecule has 0 bridgehead atoms. The lowest BCUT2D eigenvalue weighted by atomic mass is 9.86. The van der Waals surface area contributed by atoms with E-state index in [-0.39, 0.29) is 18.6 Å². The van der Waals surface area contributed by atoms with Gasteiger partial charge in [0.1, 0.15) is 4.90 Å². The number of aromatic nitrogens is 2. The quantitative estimate of drug-likeness (QED) is 0.826. The molecule has 22 heavy (non-hydrogen) atoms. The van der Waals surface area contributed by atoms with Crippen LogP contribution in [-0.2, 0) is 29.9 Å². The average molecular weight is 329 g/mol. The largest absolute Gasteiger partial charge is 0.396 e. The third kappa shape index (κ3) is 3.36. The fraction of sp³-hybridized carbons (Fsp3) is 0.800. The molecule has 126 valence electrons. The van der Waals surface area contributed by atoms with Gasteiger partial charge in [-0.2, -0.15) is 5.10 Å². The fourth-order valence-corrected chi connectivity index (χ4v) is 5.28. The van der Waals surface area contributed by atoms with Crippen LogP contribution in [0.25, 0.3) is 0 Å². The zero-order valence-electron chi connectivity index (χ0n) is 13.7. The Labute approximate surface area is 133 Å². The van der Waals surface area contributed by atoms with Gasteiger partial charge in [0.05, 0.1) is 11.4 Å². The van der Waals surface area contributed by atoms with Crippen LogP contribution in [0.2, 0.25) is 0 Å². The van der Waals surface area contributed by atoms with Crippen molar-refractivity contribution >= 4 is 10.0 Å². The molecule has 1 fully saturated rings. The van der Waals surface area contributed by atoms with Crippen LogP contribution in [0.4, 0.5) is 0 Å². The minimum absolute atomic E-state index is 0.00958. The van der Waals surface area contributed by atoms with E-state index in [4.69, 9.17) is 0 Å². The molecule has 1 saturated carbocycles. The Hall–Kier alpha value is -0.920. The van der Waals surface area contributed by atoms with Gasteiger partial charge in [-0.25, -0.2) is 13.1 Å². The molecule has 1 heterocycles. The maximum Gasteiger partial charge on any atom is 0.244 e. The molecule has 2 rings (SSSR count). The Morgan fingerprint density at radius 1 is 1.27 bits per heavy atom. The molecule has 1 aromatic heterocycles. The second-order valence-electron chi connectivity index (χ2n) is 6.01. The van der Waals surface area contributed by atoms with E-state index in [2.05, 4.69) is 9.82 Å². The van der Waals surface area contributed by atoms with Crippen LogP contribution in [0.15, 0.2) is 4.90 Å². The van der Waals surface area contributed by atoms with E-state index >= 15 is 0 Å². The van der Waals surface area contributed by atoms with Gasteiger partial charge in [-0.3, -0.25) is 4.68 Å². The normalized spacial score (nSPS) is 22.9. The summed E-state index contributed by atoms with van der Waals surface area (Å²) < 4.78 is 30.3. The smallest absolute Gasteiger partial charge is 0.244 e. The van der Waals surface area contributed by atoms with E-state index in [0.717, 1.165) is 31.4 Å². The summed E-state index contributed by atoms with van der Waals surface area (Å²) in [5.41, 5.74) is 1.35. The lowest BCUT2D eigenvalue weighted by Gasteiger charge is -2.30. The molecule has 2 N–H and O–H groups in total. The number of rotatable bonds is 6. The van der Waals surface area contributed by atoms with Crippen molar-refractivity contribution in [2.45, 2.75) is 63.3 Å². The van der Waals surface area contributed by atoms with E-state index in [0.29, 0.717) is 23.4 Å². The molecule has 7 heteroatoms. The van der Waals surface area contributed by atoms with Crippen molar-refractivity contribution in [2.75, 3.05) is 6.61 Å². The van der Waals surface area contributed by atoms with Crippen LogP contribution in [0.5, 0.6) is 0 Å². The van der Waals surface area contributed by atoms with Crippen molar-refractivity contribution in [1.29, 1.82) is 0 Å². The fourth-order valence-electron chi connectivity index (χ4n) is 3.37. The number of hydrogen-bond acceptors (Lipinski definition) is 4. The highest BCUT2D eigenvalue weighted by atomic mass is 32.2. The Bertz CT molecular complexity index is 610. The molecule has 0 aliphatic heterocycles. The Morgan fingerprint density at radius 3 is 2.55 bits per heavy atom. The van der Waals surface area contributed by atoms with Crippen molar-refractivity contribution < 1.29 is 13.5 Å². The molecule has 0 radical (unpaired) electrons. The van der Waals surface area contributed by atoms with Gasteiger partial charge in [0.15, 0.2) is 0 Å². The first-order valence-corrected chi connectivity index (χ1v) is 9.60. The predicted molar refractivity (Wildman–Crippen MR) is 85.1 cm³/mol. The van der Waals surface area contributed by atoms with Crippen LogP contribution in [0.1, 0.15) is 50.9 Å². The lowest BCUT2D eigenvalue weighted by Crippen LogP contribution is -2.43. The number of hydrogen-bond donors (Lipinski definition) is 2. The van der Waals surface area contributed by atoms with Crippen molar-refractivity contribution in [3.8, 4) is 0 Å². The average Bonchev–Trinajstić information content (AvgIpc) is 2.84. The van der Waals surface area contributed by atoms with Gasteiger partial charge in [0.2, 0.25) is 10.0 Å². The van der Waals surface area contributed by atoms with Gasteiger partial charge < -0.3 is 5.11 Å². The van der Waals surface area contributed by atoms with E-state index in [1.807, 2.05) is 13.8 Å². The zero-order valence-corrected chi connectivity index (χ0v) is 14.5. The molecule has 0 spiro atoms. The monoisotopic (exact) mass is 329 g/mol. The molecule has 0 amide bonds. The Morgan fingerprint density at radius 2 is 1.95 bits per heavy atom. The highest BCUT2D eigenvalue weighted by molar-refractivity contribution is 7.89. The minimum atomic E-state index is -3.61. The van der Waals surface area contributed by atoms with Gasteiger partial charge in [-0.15, -0.1) is 0 Å². The van der Waals surface area contributed by atoms with Gasteiger partial charge in [0, 0.05) is 19.7 Å². The van der Waals surface area contributed by atoms with E-state index < -0.39 is 10.0 Å². The van der Waals surface area contributed by atoms with E-state index in [9.17, 15) is 13.5 Å². The summed E-state index contributed by atoms with van der Waals surface area (Å²) in [6.07, 6.45) is 4.91. The molecular weight excluding hydrogens is 302 g/mol. The first-order valence-electron chi connectivity index (χ1n) is 8.12. The van der Waals surface area contributed by atoms with Crippen molar-refractivity contribution in [1.82, 2.24) is 14.5 Å². The summed E-state index contributed by atoms with van der Waals surface area (Å²) in [4.78, 5) is 0.335. The molecule has 0 saturated heterocycles. The van der Waals surface area contributed by atoms with Gasteiger partial charge in [-0.1, -0.05) is 26.7 Å². The van der Waals surface area contributed by atoms with E-state index in [1.165, 1.54) is 0 Å². The first-order chi connectivity index (χ1) is 10.4. The molecule has 2 unspecified atom stereocenters.